The fourth-order valence-corrected chi connectivity index (χ4v) is 3.32. The first-order valence-electron chi connectivity index (χ1n) is 7.59. The minimum absolute atomic E-state index is 0.358. The minimum atomic E-state index is -0.791. The third-order valence-electron chi connectivity index (χ3n) is 4.49. The Labute approximate surface area is 118 Å². The highest BCUT2D eigenvalue weighted by atomic mass is 16.4. The Hall–Kier alpha value is -1.43. The summed E-state index contributed by atoms with van der Waals surface area (Å²) < 4.78 is 1.66. The Morgan fingerprint density at radius 1 is 1.40 bits per heavy atom. The van der Waals surface area contributed by atoms with E-state index in [4.69, 9.17) is 0 Å². The summed E-state index contributed by atoms with van der Waals surface area (Å²) in [5.41, 5.74) is 0. The molecule has 110 valence electrons. The van der Waals surface area contributed by atoms with Crippen molar-refractivity contribution < 1.29 is 9.90 Å². The molecule has 0 bridgehead atoms. The van der Waals surface area contributed by atoms with Crippen molar-refractivity contribution in [3.8, 4) is 0 Å². The molecule has 2 atom stereocenters. The topological polar surface area (TPSA) is 71.2 Å². The molecule has 1 N–H and O–H groups in total. The first-order chi connectivity index (χ1) is 9.69. The molecular weight excluding hydrogens is 256 g/mol. The highest BCUT2D eigenvalue weighted by Gasteiger charge is 2.31. The number of nitrogens with zero attached hydrogens (tertiary/aromatic N) is 4. The molecule has 3 rings (SSSR count). The lowest BCUT2D eigenvalue weighted by atomic mass is 9.97. The lowest BCUT2D eigenvalue weighted by Crippen LogP contribution is -2.34. The quantitative estimate of drug-likeness (QED) is 0.906. The van der Waals surface area contributed by atoms with E-state index >= 15 is 0 Å². The predicted molar refractivity (Wildman–Crippen MR) is 73.7 cm³/mol. The van der Waals surface area contributed by atoms with Crippen molar-refractivity contribution in [2.24, 2.45) is 0 Å². The van der Waals surface area contributed by atoms with E-state index in [1.807, 2.05) is 0 Å². The van der Waals surface area contributed by atoms with Gasteiger partial charge in [0.1, 0.15) is 5.82 Å². The maximum Gasteiger partial charge on any atom is 0.328 e. The molecule has 3 heterocycles. The standard InChI is InChI=1S/C14H22N4O2/c1-2-17-8-4-5-10(9-17)13-15-12-7-3-6-11(14(19)20)18(12)16-13/h10-11H,2-9H2,1H3,(H,19,20). The Morgan fingerprint density at radius 2 is 2.25 bits per heavy atom. The Morgan fingerprint density at radius 3 is 3.00 bits per heavy atom. The summed E-state index contributed by atoms with van der Waals surface area (Å²) in [5, 5.41) is 13.8. The number of piperidine rings is 1. The van der Waals surface area contributed by atoms with E-state index in [-0.39, 0.29) is 0 Å². The van der Waals surface area contributed by atoms with Crippen LogP contribution < -0.4 is 0 Å². The van der Waals surface area contributed by atoms with Crippen molar-refractivity contribution >= 4 is 5.97 Å². The zero-order valence-electron chi connectivity index (χ0n) is 12.0. The number of likely N-dealkylation sites (N-methyl/N-ethyl adjacent to an activating group) is 1. The Balaban J connectivity index is 1.83. The van der Waals surface area contributed by atoms with Crippen molar-refractivity contribution in [3.05, 3.63) is 11.6 Å². The molecular formula is C14H22N4O2. The Bertz CT molecular complexity index is 499. The molecule has 0 saturated carbocycles. The van der Waals surface area contributed by atoms with Crippen LogP contribution in [0.4, 0.5) is 0 Å². The zero-order chi connectivity index (χ0) is 14.1. The summed E-state index contributed by atoms with van der Waals surface area (Å²) in [5.74, 6) is 1.27. The van der Waals surface area contributed by atoms with Crippen LogP contribution in [0.15, 0.2) is 0 Å². The molecule has 0 amide bonds. The number of carbonyl (C=O) groups is 1. The lowest BCUT2D eigenvalue weighted by Gasteiger charge is -2.30. The highest BCUT2D eigenvalue weighted by Crippen LogP contribution is 2.28. The smallest absolute Gasteiger partial charge is 0.328 e. The van der Waals surface area contributed by atoms with E-state index in [0.29, 0.717) is 12.3 Å². The molecule has 1 aromatic rings. The molecule has 6 heteroatoms. The summed E-state index contributed by atoms with van der Waals surface area (Å²) in [7, 11) is 0. The number of hydrogen-bond acceptors (Lipinski definition) is 4. The van der Waals surface area contributed by atoms with Crippen molar-refractivity contribution in [1.82, 2.24) is 19.7 Å². The summed E-state index contributed by atoms with van der Waals surface area (Å²) in [4.78, 5) is 18.4. The average Bonchev–Trinajstić information content (AvgIpc) is 2.91. The van der Waals surface area contributed by atoms with E-state index in [9.17, 15) is 9.90 Å². The first-order valence-corrected chi connectivity index (χ1v) is 7.59. The van der Waals surface area contributed by atoms with Crippen molar-refractivity contribution in [2.45, 2.75) is 51.0 Å². The maximum absolute atomic E-state index is 11.3. The van der Waals surface area contributed by atoms with Gasteiger partial charge in [-0.15, -0.1) is 0 Å². The molecule has 2 unspecified atom stereocenters. The van der Waals surface area contributed by atoms with Gasteiger partial charge < -0.3 is 10.0 Å². The average molecular weight is 278 g/mol. The van der Waals surface area contributed by atoms with Crippen LogP contribution in [0.25, 0.3) is 0 Å². The van der Waals surface area contributed by atoms with Gasteiger partial charge in [0.25, 0.3) is 0 Å². The molecule has 1 aromatic heterocycles. The molecule has 0 spiro atoms. The number of aryl methyl sites for hydroxylation is 1. The molecule has 2 aliphatic rings. The van der Waals surface area contributed by atoms with Crippen LogP contribution >= 0.6 is 0 Å². The second-order valence-corrected chi connectivity index (χ2v) is 5.81. The van der Waals surface area contributed by atoms with Crippen LogP contribution in [0, 0.1) is 0 Å². The van der Waals surface area contributed by atoms with Crippen LogP contribution in [0.2, 0.25) is 0 Å². The van der Waals surface area contributed by atoms with E-state index in [2.05, 4.69) is 21.9 Å². The number of likely N-dealkylation sites (tertiary alicyclic amines) is 1. The van der Waals surface area contributed by atoms with Crippen molar-refractivity contribution in [3.63, 3.8) is 0 Å². The van der Waals surface area contributed by atoms with Crippen LogP contribution in [0.3, 0.4) is 0 Å². The number of aromatic nitrogens is 3. The van der Waals surface area contributed by atoms with E-state index in [0.717, 1.165) is 50.5 Å². The molecule has 20 heavy (non-hydrogen) atoms. The molecule has 0 aromatic carbocycles. The van der Waals surface area contributed by atoms with Gasteiger partial charge in [0.15, 0.2) is 11.9 Å². The van der Waals surface area contributed by atoms with Gasteiger partial charge >= 0.3 is 5.97 Å². The number of carboxylic acids is 1. The largest absolute Gasteiger partial charge is 0.480 e. The van der Waals surface area contributed by atoms with E-state index in [1.54, 1.807) is 4.68 Å². The van der Waals surface area contributed by atoms with E-state index < -0.39 is 12.0 Å². The van der Waals surface area contributed by atoms with Gasteiger partial charge in [-0.3, -0.25) is 0 Å². The highest BCUT2D eigenvalue weighted by molar-refractivity contribution is 5.71. The third kappa shape index (κ3) is 2.44. The second kappa shape index (κ2) is 5.52. The zero-order valence-corrected chi connectivity index (χ0v) is 12.0. The predicted octanol–water partition coefficient (Wildman–Crippen LogP) is 1.44. The number of fused-ring (bicyclic) bond motifs is 1. The van der Waals surface area contributed by atoms with Crippen molar-refractivity contribution in [1.29, 1.82) is 0 Å². The maximum atomic E-state index is 11.3. The first kappa shape index (κ1) is 13.5. The normalized spacial score (nSPS) is 27.2. The second-order valence-electron chi connectivity index (χ2n) is 5.81. The number of carboxylic acid groups (broad SMARTS) is 1. The van der Waals surface area contributed by atoms with Gasteiger partial charge in [-0.1, -0.05) is 6.92 Å². The SMILES string of the molecule is CCN1CCCC(c2nc3n(n2)C(C(=O)O)CCC3)C1. The van der Waals surface area contributed by atoms with Crippen LogP contribution in [0.1, 0.15) is 56.2 Å². The van der Waals surface area contributed by atoms with Gasteiger partial charge in [-0.25, -0.2) is 14.5 Å². The summed E-state index contributed by atoms with van der Waals surface area (Å²) >= 11 is 0. The monoisotopic (exact) mass is 278 g/mol. The Kier molecular flexibility index (Phi) is 3.74. The number of hydrogen-bond donors (Lipinski definition) is 1. The van der Waals surface area contributed by atoms with Gasteiger partial charge in [-0.05, 0) is 38.8 Å². The molecule has 0 radical (unpaired) electrons. The minimum Gasteiger partial charge on any atom is -0.480 e. The molecule has 1 fully saturated rings. The fourth-order valence-electron chi connectivity index (χ4n) is 3.32. The molecule has 2 aliphatic heterocycles. The molecule has 6 nitrogen and oxygen atoms in total. The van der Waals surface area contributed by atoms with Gasteiger partial charge in [0.2, 0.25) is 0 Å². The molecule has 1 saturated heterocycles. The van der Waals surface area contributed by atoms with Gasteiger partial charge in [-0.2, -0.15) is 5.10 Å². The number of aliphatic carboxylic acids is 1. The number of rotatable bonds is 3. The lowest BCUT2D eigenvalue weighted by molar-refractivity contribution is -0.141. The third-order valence-corrected chi connectivity index (χ3v) is 4.49. The summed E-state index contributed by atoms with van der Waals surface area (Å²) in [6.07, 6.45) is 4.68. The molecule has 0 aliphatic carbocycles. The van der Waals surface area contributed by atoms with Crippen LogP contribution in [0.5, 0.6) is 0 Å². The van der Waals surface area contributed by atoms with Crippen LogP contribution in [-0.2, 0) is 11.2 Å². The van der Waals surface area contributed by atoms with E-state index in [1.165, 1.54) is 6.42 Å². The summed E-state index contributed by atoms with van der Waals surface area (Å²) in [6, 6.07) is -0.522. The van der Waals surface area contributed by atoms with Crippen LogP contribution in [-0.4, -0.2) is 50.4 Å². The van der Waals surface area contributed by atoms with Crippen molar-refractivity contribution in [2.75, 3.05) is 19.6 Å². The summed E-state index contributed by atoms with van der Waals surface area (Å²) in [6.45, 7) is 5.38. The van der Waals surface area contributed by atoms with Gasteiger partial charge in [0, 0.05) is 18.9 Å². The fraction of sp³-hybridized carbons (Fsp3) is 0.786. The van der Waals surface area contributed by atoms with Gasteiger partial charge in [0.05, 0.1) is 0 Å².